The quantitative estimate of drug-likeness (QED) is 0.631. The van der Waals surface area contributed by atoms with Crippen LogP contribution in [0.3, 0.4) is 0 Å². The fourth-order valence-electron chi connectivity index (χ4n) is 3.72. The van der Waals surface area contributed by atoms with Gasteiger partial charge >= 0.3 is 0 Å². The lowest BCUT2D eigenvalue weighted by Crippen LogP contribution is -2.51. The minimum absolute atomic E-state index is 0.111. The van der Waals surface area contributed by atoms with Crippen LogP contribution >= 0.6 is 0 Å². The summed E-state index contributed by atoms with van der Waals surface area (Å²) in [6.45, 7) is 6.27. The molecule has 2 aliphatic rings. The fourth-order valence-corrected chi connectivity index (χ4v) is 3.72. The Labute approximate surface area is 78.5 Å². The summed E-state index contributed by atoms with van der Waals surface area (Å²) in [5.74, 6) is 0.266. The van der Waals surface area contributed by atoms with E-state index in [0.29, 0.717) is 0 Å². The van der Waals surface area contributed by atoms with Crippen molar-refractivity contribution in [3.05, 3.63) is 4.91 Å². The van der Waals surface area contributed by atoms with Gasteiger partial charge in [-0.2, -0.15) is 4.91 Å². The summed E-state index contributed by atoms with van der Waals surface area (Å²) in [6.07, 6.45) is 1.48. The van der Waals surface area contributed by atoms with E-state index >= 15 is 0 Å². The Morgan fingerprint density at radius 1 is 1.31 bits per heavy atom. The van der Waals surface area contributed by atoms with Crippen molar-refractivity contribution in [3.63, 3.8) is 0 Å². The molecule has 2 fully saturated rings. The largest absolute Gasteiger partial charge is 0.393 e. The van der Waals surface area contributed by atoms with E-state index in [4.69, 9.17) is 0 Å². The van der Waals surface area contributed by atoms with Gasteiger partial charge in [-0.15, -0.1) is 0 Å². The molecule has 4 atom stereocenters. The molecule has 0 aliphatic heterocycles. The first-order valence-corrected chi connectivity index (χ1v) is 4.92. The molecular formula is C10H17NO2. The third kappa shape index (κ3) is 0.938. The molecule has 0 bridgehead atoms. The van der Waals surface area contributed by atoms with Crippen LogP contribution < -0.4 is 0 Å². The van der Waals surface area contributed by atoms with Crippen LogP contribution in [0.25, 0.3) is 0 Å². The second kappa shape index (κ2) is 2.32. The maximum absolute atomic E-state index is 10.7. The number of aliphatic hydroxyl groups excluding tert-OH is 1. The molecule has 2 saturated carbocycles. The maximum atomic E-state index is 10.7. The molecule has 1 N–H and O–H groups in total. The van der Waals surface area contributed by atoms with Crippen molar-refractivity contribution in [2.45, 2.75) is 45.8 Å². The zero-order valence-electron chi connectivity index (χ0n) is 8.45. The number of fused-ring (bicyclic) bond motifs is 1. The maximum Gasteiger partial charge on any atom is 0.0979 e. The van der Waals surface area contributed by atoms with Gasteiger partial charge in [0.05, 0.1) is 12.1 Å². The van der Waals surface area contributed by atoms with Crippen LogP contribution in [-0.4, -0.2) is 17.3 Å². The first-order chi connectivity index (χ1) is 5.92. The number of hydrogen-bond donors (Lipinski definition) is 1. The Balaban J connectivity index is 2.31. The molecule has 0 amide bonds. The van der Waals surface area contributed by atoms with Crippen molar-refractivity contribution in [1.82, 2.24) is 0 Å². The van der Waals surface area contributed by atoms with Gasteiger partial charge in [-0.05, 0) is 29.6 Å². The van der Waals surface area contributed by atoms with E-state index in [-0.39, 0.29) is 28.9 Å². The van der Waals surface area contributed by atoms with E-state index in [0.717, 1.165) is 12.8 Å². The molecule has 0 aromatic carbocycles. The second-order valence-electron chi connectivity index (χ2n) is 5.55. The van der Waals surface area contributed by atoms with Gasteiger partial charge in [0, 0.05) is 0 Å². The number of aliphatic hydroxyl groups is 1. The third-order valence-corrected chi connectivity index (χ3v) is 4.26. The molecule has 13 heavy (non-hydrogen) atoms. The average molecular weight is 183 g/mol. The van der Waals surface area contributed by atoms with Crippen molar-refractivity contribution in [2.75, 3.05) is 0 Å². The second-order valence-corrected chi connectivity index (χ2v) is 5.55. The monoisotopic (exact) mass is 183 g/mol. The summed E-state index contributed by atoms with van der Waals surface area (Å²) in [5, 5.41) is 12.9. The molecule has 3 heteroatoms. The van der Waals surface area contributed by atoms with Crippen molar-refractivity contribution >= 4 is 0 Å². The van der Waals surface area contributed by atoms with Crippen LogP contribution in [0.15, 0.2) is 5.18 Å². The van der Waals surface area contributed by atoms with E-state index in [9.17, 15) is 10.0 Å². The smallest absolute Gasteiger partial charge is 0.0979 e. The van der Waals surface area contributed by atoms with E-state index in [1.54, 1.807) is 0 Å². The number of hydrogen-bond acceptors (Lipinski definition) is 3. The Hall–Kier alpha value is -0.440. The van der Waals surface area contributed by atoms with E-state index in [1.165, 1.54) is 0 Å². The molecule has 0 spiro atoms. The molecule has 74 valence electrons. The number of nitroso groups, excluding NO2 is 1. The van der Waals surface area contributed by atoms with Crippen molar-refractivity contribution in [3.8, 4) is 0 Å². The van der Waals surface area contributed by atoms with E-state index in [1.807, 2.05) is 0 Å². The van der Waals surface area contributed by atoms with Gasteiger partial charge in [0.2, 0.25) is 0 Å². The third-order valence-electron chi connectivity index (χ3n) is 4.26. The summed E-state index contributed by atoms with van der Waals surface area (Å²) < 4.78 is 0. The number of rotatable bonds is 1. The zero-order valence-corrected chi connectivity index (χ0v) is 8.45. The first-order valence-electron chi connectivity index (χ1n) is 4.92. The predicted octanol–water partition coefficient (Wildman–Crippen LogP) is 1.94. The lowest BCUT2D eigenvalue weighted by Gasteiger charge is -2.51. The summed E-state index contributed by atoms with van der Waals surface area (Å²) in [7, 11) is 0. The normalized spacial score (nSPS) is 52.5. The van der Waals surface area contributed by atoms with Crippen LogP contribution in [0, 0.1) is 21.7 Å². The van der Waals surface area contributed by atoms with Crippen molar-refractivity contribution < 1.29 is 5.11 Å². The van der Waals surface area contributed by atoms with Crippen molar-refractivity contribution in [2.24, 2.45) is 21.9 Å². The van der Waals surface area contributed by atoms with Gasteiger partial charge in [0.1, 0.15) is 0 Å². The Morgan fingerprint density at radius 2 is 1.92 bits per heavy atom. The lowest BCUT2D eigenvalue weighted by atomic mass is 9.56. The van der Waals surface area contributed by atoms with Crippen LogP contribution in [0.1, 0.15) is 33.6 Å². The molecular weight excluding hydrogens is 166 g/mol. The molecule has 2 rings (SSSR count). The highest BCUT2D eigenvalue weighted by Gasteiger charge is 2.65. The predicted molar refractivity (Wildman–Crippen MR) is 50.2 cm³/mol. The summed E-state index contributed by atoms with van der Waals surface area (Å²) in [6, 6.07) is -0.111. The van der Waals surface area contributed by atoms with Gasteiger partial charge < -0.3 is 5.11 Å². The lowest BCUT2D eigenvalue weighted by molar-refractivity contribution is -0.114. The standard InChI is InChI=1S/C10H17NO2/c1-9(2)7(11-13)5-10(3)4-6(12)8(9)10/h6-8,12H,4-5H2,1-3H3. The van der Waals surface area contributed by atoms with Crippen LogP contribution in [-0.2, 0) is 0 Å². The highest BCUT2D eigenvalue weighted by atomic mass is 16.3. The van der Waals surface area contributed by atoms with Gasteiger partial charge in [0.25, 0.3) is 0 Å². The Bertz CT molecular complexity index is 251. The van der Waals surface area contributed by atoms with Gasteiger partial charge in [-0.25, -0.2) is 0 Å². The molecule has 3 nitrogen and oxygen atoms in total. The minimum atomic E-state index is -0.216. The highest BCUT2D eigenvalue weighted by Crippen LogP contribution is 2.65. The van der Waals surface area contributed by atoms with E-state index < -0.39 is 0 Å². The Morgan fingerprint density at radius 3 is 2.31 bits per heavy atom. The van der Waals surface area contributed by atoms with E-state index in [2.05, 4.69) is 25.9 Å². The molecule has 0 aromatic heterocycles. The highest BCUT2D eigenvalue weighted by molar-refractivity contribution is 5.15. The first kappa shape index (κ1) is 9.13. The minimum Gasteiger partial charge on any atom is -0.393 e. The molecule has 0 saturated heterocycles. The molecule has 2 aliphatic carbocycles. The van der Waals surface area contributed by atoms with Crippen molar-refractivity contribution in [1.29, 1.82) is 0 Å². The van der Waals surface area contributed by atoms with Crippen LogP contribution in [0.5, 0.6) is 0 Å². The summed E-state index contributed by atoms with van der Waals surface area (Å²) in [5.41, 5.74) is 0.0513. The Kier molecular flexibility index (Phi) is 1.63. The summed E-state index contributed by atoms with van der Waals surface area (Å²) in [4.78, 5) is 10.7. The summed E-state index contributed by atoms with van der Waals surface area (Å²) >= 11 is 0. The van der Waals surface area contributed by atoms with Crippen LogP contribution in [0.4, 0.5) is 0 Å². The molecule has 0 heterocycles. The SMILES string of the molecule is CC12CC(O)C1C(C)(C)C(N=O)C2. The van der Waals surface area contributed by atoms with Gasteiger partial charge in [-0.3, -0.25) is 0 Å². The fraction of sp³-hybridized carbons (Fsp3) is 1.00. The van der Waals surface area contributed by atoms with Crippen LogP contribution in [0.2, 0.25) is 0 Å². The van der Waals surface area contributed by atoms with Gasteiger partial charge in [-0.1, -0.05) is 25.9 Å². The average Bonchev–Trinajstić information content (AvgIpc) is 2.12. The zero-order chi connectivity index (χ0) is 9.85. The number of nitrogens with zero attached hydrogens (tertiary/aromatic N) is 1. The molecule has 0 aromatic rings. The topological polar surface area (TPSA) is 49.7 Å². The molecule has 4 unspecified atom stereocenters. The molecule has 0 radical (unpaired) electrons. The van der Waals surface area contributed by atoms with Gasteiger partial charge in [0.15, 0.2) is 0 Å².